The van der Waals surface area contributed by atoms with Crippen LogP contribution in [0.5, 0.6) is 5.75 Å². The third-order valence-electron chi connectivity index (χ3n) is 6.06. The Hall–Kier alpha value is -2.73. The first-order chi connectivity index (χ1) is 16.6. The fourth-order valence-electron chi connectivity index (χ4n) is 4.35. The quantitative estimate of drug-likeness (QED) is 0.368. The van der Waals surface area contributed by atoms with Gasteiger partial charge in [-0.25, -0.2) is 0 Å². The summed E-state index contributed by atoms with van der Waals surface area (Å²) in [6, 6.07) is 18.0. The Labute approximate surface area is 219 Å². The molecule has 1 atom stereocenters. The summed E-state index contributed by atoms with van der Waals surface area (Å²) in [7, 11) is 0. The third-order valence-corrected chi connectivity index (χ3v) is 7.15. The number of amides is 1. The maximum absolute atomic E-state index is 13.3. The molecule has 0 aromatic heterocycles. The van der Waals surface area contributed by atoms with Crippen LogP contribution < -0.4 is 4.74 Å². The number of halogens is 3. The lowest BCUT2D eigenvalue weighted by Crippen LogP contribution is -2.39. The van der Waals surface area contributed by atoms with E-state index in [1.54, 1.807) is 36.4 Å². The summed E-state index contributed by atoms with van der Waals surface area (Å²) >= 11 is 18.5. The molecule has 182 valence electrons. The highest BCUT2D eigenvalue weighted by Crippen LogP contribution is 2.36. The Morgan fingerprint density at radius 2 is 1.83 bits per heavy atom. The van der Waals surface area contributed by atoms with Crippen molar-refractivity contribution in [2.45, 2.75) is 38.3 Å². The van der Waals surface area contributed by atoms with Crippen molar-refractivity contribution >= 4 is 46.7 Å². The van der Waals surface area contributed by atoms with Crippen LogP contribution in [0.3, 0.4) is 0 Å². The molecule has 0 spiro atoms. The summed E-state index contributed by atoms with van der Waals surface area (Å²) in [5.41, 5.74) is 2.58. The molecule has 0 fully saturated rings. The van der Waals surface area contributed by atoms with E-state index in [2.05, 4.69) is 6.92 Å². The van der Waals surface area contributed by atoms with Gasteiger partial charge in [0.25, 0.3) is 5.91 Å². The number of aryl methyl sites for hydroxylation is 1. The van der Waals surface area contributed by atoms with E-state index in [0.29, 0.717) is 32.6 Å². The Morgan fingerprint density at radius 3 is 2.57 bits per heavy atom. The van der Waals surface area contributed by atoms with Crippen LogP contribution in [0.4, 0.5) is 0 Å². The number of hydrogen-bond donors (Lipinski definition) is 1. The molecule has 5 nitrogen and oxygen atoms in total. The number of ether oxygens (including phenoxy) is 1. The van der Waals surface area contributed by atoms with Gasteiger partial charge >= 0.3 is 5.97 Å². The van der Waals surface area contributed by atoms with Gasteiger partial charge in [-0.15, -0.1) is 0 Å². The molecule has 4 rings (SSSR count). The molecule has 1 N–H and O–H groups in total. The number of carbonyl (C=O) groups is 2. The van der Waals surface area contributed by atoms with Gasteiger partial charge in [0.05, 0.1) is 10.0 Å². The van der Waals surface area contributed by atoms with Gasteiger partial charge in [-0.3, -0.25) is 9.59 Å². The van der Waals surface area contributed by atoms with Crippen LogP contribution in [-0.4, -0.2) is 34.0 Å². The summed E-state index contributed by atoms with van der Waals surface area (Å²) < 4.78 is 6.35. The van der Waals surface area contributed by atoms with Crippen molar-refractivity contribution in [1.29, 1.82) is 0 Å². The Bertz CT molecular complexity index is 1280. The van der Waals surface area contributed by atoms with Crippen molar-refractivity contribution in [2.24, 2.45) is 0 Å². The summed E-state index contributed by atoms with van der Waals surface area (Å²) in [5, 5.41) is 10.7. The van der Waals surface area contributed by atoms with Crippen molar-refractivity contribution in [3.05, 3.63) is 98.0 Å². The van der Waals surface area contributed by atoms with E-state index in [4.69, 9.17) is 39.5 Å². The number of carboxylic acids is 1. The van der Waals surface area contributed by atoms with E-state index >= 15 is 0 Å². The molecule has 0 radical (unpaired) electrons. The van der Waals surface area contributed by atoms with Gasteiger partial charge in [0.1, 0.15) is 17.9 Å². The van der Waals surface area contributed by atoms with Gasteiger partial charge in [-0.2, -0.15) is 0 Å². The summed E-state index contributed by atoms with van der Waals surface area (Å²) in [6.07, 6.45) is 2.20. The van der Waals surface area contributed by atoms with E-state index in [1.807, 2.05) is 24.3 Å². The third kappa shape index (κ3) is 6.10. The minimum atomic E-state index is -1.12. The number of aliphatic carboxylic acids is 1. The zero-order valence-electron chi connectivity index (χ0n) is 19.1. The summed E-state index contributed by atoms with van der Waals surface area (Å²) in [6.45, 7) is 1.63. The smallest absolute Gasteiger partial charge is 0.323 e. The van der Waals surface area contributed by atoms with Crippen molar-refractivity contribution in [3.63, 3.8) is 0 Å². The van der Waals surface area contributed by atoms with Crippen LogP contribution in [0, 0.1) is 0 Å². The molecule has 1 heterocycles. The second kappa shape index (κ2) is 10.5. The minimum Gasteiger partial charge on any atom is -0.487 e. The van der Waals surface area contributed by atoms with E-state index in [-0.39, 0.29) is 6.54 Å². The maximum Gasteiger partial charge on any atom is 0.323 e. The molecule has 0 aliphatic carbocycles. The fourth-order valence-corrected chi connectivity index (χ4v) is 4.94. The first kappa shape index (κ1) is 25.4. The molecular formula is C27H24Cl3NO4. The molecule has 0 saturated heterocycles. The van der Waals surface area contributed by atoms with Crippen molar-refractivity contribution in [1.82, 2.24) is 4.90 Å². The number of carbonyl (C=O) groups excluding carboxylic acids is 1. The first-order valence-corrected chi connectivity index (χ1v) is 12.3. The topological polar surface area (TPSA) is 66.8 Å². The lowest BCUT2D eigenvalue weighted by Gasteiger charge is -2.36. The predicted molar refractivity (Wildman–Crippen MR) is 138 cm³/mol. The second-order valence-corrected chi connectivity index (χ2v) is 10.2. The van der Waals surface area contributed by atoms with E-state index in [1.165, 1.54) is 4.90 Å². The van der Waals surface area contributed by atoms with Gasteiger partial charge in [0.15, 0.2) is 0 Å². The number of nitrogens with zero attached hydrogens (tertiary/aromatic N) is 1. The molecule has 1 aliphatic heterocycles. The zero-order valence-corrected chi connectivity index (χ0v) is 21.3. The highest BCUT2D eigenvalue weighted by atomic mass is 35.5. The van der Waals surface area contributed by atoms with Gasteiger partial charge in [-0.05, 0) is 72.9 Å². The average Bonchev–Trinajstić information content (AvgIpc) is 2.80. The second-order valence-electron chi connectivity index (χ2n) is 8.95. The number of rotatable bonds is 7. The number of fused-ring (bicyclic) bond motifs is 1. The van der Waals surface area contributed by atoms with Crippen LogP contribution >= 0.6 is 34.8 Å². The molecule has 1 unspecified atom stereocenters. The van der Waals surface area contributed by atoms with E-state index in [9.17, 15) is 14.7 Å². The normalized spacial score (nSPS) is 16.8. The summed E-state index contributed by atoms with van der Waals surface area (Å²) in [4.78, 5) is 26.0. The monoisotopic (exact) mass is 531 g/mol. The van der Waals surface area contributed by atoms with Crippen LogP contribution in [0.25, 0.3) is 0 Å². The largest absolute Gasteiger partial charge is 0.487 e. The lowest BCUT2D eigenvalue weighted by atomic mass is 9.87. The van der Waals surface area contributed by atoms with Crippen molar-refractivity contribution in [3.8, 4) is 5.75 Å². The molecule has 3 aromatic rings. The van der Waals surface area contributed by atoms with Gasteiger partial charge < -0.3 is 14.7 Å². The molecule has 1 aliphatic rings. The molecule has 0 saturated carbocycles. The molecular weight excluding hydrogens is 509 g/mol. The standard InChI is InChI=1S/C27H24Cl3NO4/c1-27(14-17-4-2-6-21(28)12-17)11-10-18-13-19(8-9-23(18)35-27)26(34)31(16-24(32)33)15-20-5-3-7-22(29)25(20)30/h2-9,12-13H,10-11,14-16H2,1H3,(H,32,33). The van der Waals surface area contributed by atoms with E-state index in [0.717, 1.165) is 29.7 Å². The Morgan fingerprint density at radius 1 is 1.06 bits per heavy atom. The van der Waals surface area contributed by atoms with Gasteiger partial charge in [0, 0.05) is 23.6 Å². The van der Waals surface area contributed by atoms with Crippen LogP contribution in [-0.2, 0) is 24.2 Å². The van der Waals surface area contributed by atoms with Crippen LogP contribution in [0.2, 0.25) is 15.1 Å². The predicted octanol–water partition coefficient (Wildman–Crippen LogP) is 6.70. The highest BCUT2D eigenvalue weighted by Gasteiger charge is 2.32. The zero-order chi connectivity index (χ0) is 25.2. The lowest BCUT2D eigenvalue weighted by molar-refractivity contribution is -0.137. The molecule has 8 heteroatoms. The SMILES string of the molecule is CC1(Cc2cccc(Cl)c2)CCc2cc(C(=O)N(CC(=O)O)Cc3cccc(Cl)c3Cl)ccc2O1. The van der Waals surface area contributed by atoms with Crippen molar-refractivity contribution in [2.75, 3.05) is 6.54 Å². The highest BCUT2D eigenvalue weighted by molar-refractivity contribution is 6.42. The van der Waals surface area contributed by atoms with E-state index < -0.39 is 24.0 Å². The van der Waals surface area contributed by atoms with Crippen LogP contribution in [0.15, 0.2) is 60.7 Å². The minimum absolute atomic E-state index is 0.0236. The van der Waals surface area contributed by atoms with Gasteiger partial charge in [0.2, 0.25) is 0 Å². The number of hydrogen-bond acceptors (Lipinski definition) is 3. The Kier molecular flexibility index (Phi) is 7.60. The number of carboxylic acid groups (broad SMARTS) is 1. The Balaban J connectivity index is 1.54. The van der Waals surface area contributed by atoms with Gasteiger partial charge in [-0.1, -0.05) is 59.1 Å². The summed E-state index contributed by atoms with van der Waals surface area (Å²) in [5.74, 6) is -0.798. The van der Waals surface area contributed by atoms with Crippen LogP contribution in [0.1, 0.15) is 40.4 Å². The molecule has 0 bridgehead atoms. The fraction of sp³-hybridized carbons (Fsp3) is 0.259. The van der Waals surface area contributed by atoms with Crippen molar-refractivity contribution < 1.29 is 19.4 Å². The first-order valence-electron chi connectivity index (χ1n) is 11.1. The number of benzene rings is 3. The maximum atomic E-state index is 13.3. The molecule has 1 amide bonds. The average molecular weight is 533 g/mol. The molecule has 3 aromatic carbocycles. The molecule has 35 heavy (non-hydrogen) atoms.